The molecular formula is C22H24N4O4S. The van der Waals surface area contributed by atoms with Gasteiger partial charge in [0, 0.05) is 31.3 Å². The van der Waals surface area contributed by atoms with Crippen LogP contribution in [0.15, 0.2) is 42.5 Å². The van der Waals surface area contributed by atoms with E-state index in [4.69, 9.17) is 9.72 Å². The van der Waals surface area contributed by atoms with Gasteiger partial charge in [-0.3, -0.25) is 19.8 Å². The lowest BCUT2D eigenvalue weighted by atomic mass is 10.2. The highest BCUT2D eigenvalue weighted by Gasteiger charge is 2.20. The fourth-order valence-corrected chi connectivity index (χ4v) is 4.06. The van der Waals surface area contributed by atoms with E-state index >= 15 is 0 Å². The van der Waals surface area contributed by atoms with Crippen molar-refractivity contribution in [2.75, 3.05) is 39.2 Å². The molecule has 3 aromatic rings. The molecule has 2 aromatic carbocycles. The quantitative estimate of drug-likeness (QED) is 0.297. The molecule has 0 atom stereocenters. The Balaban J connectivity index is 1.94. The SMILES string of the molecule is COc1ccc(C)c2sc(N(CCN(C)C)C(=O)/C=C/c3cccc([N+](=O)[O-])c3)nc12. The number of non-ortho nitro benzene ring substituents is 1. The van der Waals surface area contributed by atoms with E-state index in [1.165, 1.54) is 29.5 Å². The number of carbonyl (C=O) groups is 1. The van der Waals surface area contributed by atoms with Gasteiger partial charge in [-0.2, -0.15) is 0 Å². The molecule has 0 aliphatic rings. The van der Waals surface area contributed by atoms with Crippen molar-refractivity contribution in [2.24, 2.45) is 0 Å². The maximum Gasteiger partial charge on any atom is 0.270 e. The van der Waals surface area contributed by atoms with Gasteiger partial charge in [-0.1, -0.05) is 29.5 Å². The van der Waals surface area contributed by atoms with E-state index in [1.54, 1.807) is 30.2 Å². The minimum atomic E-state index is -0.459. The molecular weight excluding hydrogens is 416 g/mol. The minimum Gasteiger partial charge on any atom is -0.494 e. The normalized spacial score (nSPS) is 11.4. The van der Waals surface area contributed by atoms with E-state index in [1.807, 2.05) is 38.1 Å². The van der Waals surface area contributed by atoms with Crippen molar-refractivity contribution < 1.29 is 14.5 Å². The van der Waals surface area contributed by atoms with Crippen molar-refractivity contribution >= 4 is 44.4 Å². The average Bonchev–Trinajstić information content (AvgIpc) is 3.18. The number of carbonyl (C=O) groups excluding carboxylic acids is 1. The number of likely N-dealkylation sites (N-methyl/N-ethyl adjacent to an activating group) is 1. The monoisotopic (exact) mass is 440 g/mol. The third-order valence-electron chi connectivity index (χ3n) is 4.68. The molecule has 1 heterocycles. The van der Waals surface area contributed by atoms with Crippen LogP contribution in [0.4, 0.5) is 10.8 Å². The van der Waals surface area contributed by atoms with Crippen molar-refractivity contribution in [1.82, 2.24) is 9.88 Å². The van der Waals surface area contributed by atoms with Crippen LogP contribution < -0.4 is 9.64 Å². The van der Waals surface area contributed by atoms with Gasteiger partial charge < -0.3 is 9.64 Å². The van der Waals surface area contributed by atoms with Gasteiger partial charge >= 0.3 is 0 Å². The van der Waals surface area contributed by atoms with Crippen molar-refractivity contribution in [2.45, 2.75) is 6.92 Å². The van der Waals surface area contributed by atoms with Gasteiger partial charge in [0.2, 0.25) is 0 Å². The summed E-state index contributed by atoms with van der Waals surface area (Å²) >= 11 is 1.44. The lowest BCUT2D eigenvalue weighted by molar-refractivity contribution is -0.384. The number of thiazole rings is 1. The maximum absolute atomic E-state index is 13.1. The van der Waals surface area contributed by atoms with Crippen molar-refractivity contribution in [3.63, 3.8) is 0 Å². The van der Waals surface area contributed by atoms with Crippen molar-refractivity contribution in [1.29, 1.82) is 0 Å². The molecule has 0 unspecified atom stereocenters. The molecule has 0 spiro atoms. The summed E-state index contributed by atoms with van der Waals surface area (Å²) in [5.41, 5.74) is 2.35. The van der Waals surface area contributed by atoms with E-state index in [0.29, 0.717) is 29.5 Å². The molecule has 0 aliphatic carbocycles. The Labute approximate surface area is 184 Å². The Hall–Kier alpha value is -3.30. The summed E-state index contributed by atoms with van der Waals surface area (Å²) in [5.74, 6) is 0.416. The second kappa shape index (κ2) is 9.67. The predicted octanol–water partition coefficient (Wildman–Crippen LogP) is 4.13. The van der Waals surface area contributed by atoms with E-state index in [-0.39, 0.29) is 11.6 Å². The summed E-state index contributed by atoms with van der Waals surface area (Å²) < 4.78 is 6.41. The Kier molecular flexibility index (Phi) is 6.98. The van der Waals surface area contributed by atoms with Crippen LogP contribution in [0.2, 0.25) is 0 Å². The first kappa shape index (κ1) is 22.4. The molecule has 9 heteroatoms. The van der Waals surface area contributed by atoms with Gasteiger partial charge in [0.15, 0.2) is 5.13 Å². The number of nitro benzene ring substituents is 1. The minimum absolute atomic E-state index is 0.0205. The maximum atomic E-state index is 13.1. The van der Waals surface area contributed by atoms with Crippen LogP contribution in [-0.4, -0.2) is 55.0 Å². The van der Waals surface area contributed by atoms with E-state index < -0.39 is 4.92 Å². The third-order valence-corrected chi connectivity index (χ3v) is 5.89. The number of aryl methyl sites for hydroxylation is 1. The number of ether oxygens (including phenoxy) is 1. The van der Waals surface area contributed by atoms with E-state index in [9.17, 15) is 14.9 Å². The first-order valence-corrected chi connectivity index (χ1v) is 10.4. The number of fused-ring (bicyclic) bond motifs is 1. The van der Waals surface area contributed by atoms with Gasteiger partial charge in [-0.05, 0) is 44.3 Å². The number of nitrogens with zero attached hydrogens (tertiary/aromatic N) is 4. The lowest BCUT2D eigenvalue weighted by Gasteiger charge is -2.20. The lowest BCUT2D eigenvalue weighted by Crippen LogP contribution is -2.35. The summed E-state index contributed by atoms with van der Waals surface area (Å²) in [4.78, 5) is 31.9. The molecule has 8 nitrogen and oxygen atoms in total. The summed E-state index contributed by atoms with van der Waals surface area (Å²) in [6.45, 7) is 3.10. The van der Waals surface area contributed by atoms with Crippen LogP contribution in [0.25, 0.3) is 16.3 Å². The first-order valence-electron chi connectivity index (χ1n) is 9.63. The van der Waals surface area contributed by atoms with E-state index in [2.05, 4.69) is 0 Å². The number of nitro groups is 1. The Morgan fingerprint density at radius 3 is 2.71 bits per heavy atom. The highest BCUT2D eigenvalue weighted by Crippen LogP contribution is 2.36. The van der Waals surface area contributed by atoms with Crippen molar-refractivity contribution in [3.8, 4) is 5.75 Å². The molecule has 0 bridgehead atoms. The molecule has 1 amide bonds. The number of rotatable bonds is 8. The zero-order valence-corrected chi connectivity index (χ0v) is 18.7. The predicted molar refractivity (Wildman–Crippen MR) is 124 cm³/mol. The number of aromatic nitrogens is 1. The van der Waals surface area contributed by atoms with Gasteiger partial charge in [-0.15, -0.1) is 0 Å². The van der Waals surface area contributed by atoms with Gasteiger partial charge in [-0.25, -0.2) is 4.98 Å². The highest BCUT2D eigenvalue weighted by molar-refractivity contribution is 7.22. The second-order valence-corrected chi connectivity index (χ2v) is 8.21. The zero-order valence-electron chi connectivity index (χ0n) is 17.9. The smallest absolute Gasteiger partial charge is 0.270 e. The fraction of sp³-hybridized carbons (Fsp3) is 0.273. The molecule has 0 N–H and O–H groups in total. The van der Waals surface area contributed by atoms with Gasteiger partial charge in [0.25, 0.3) is 11.6 Å². The highest BCUT2D eigenvalue weighted by atomic mass is 32.1. The largest absolute Gasteiger partial charge is 0.494 e. The second-order valence-electron chi connectivity index (χ2n) is 7.24. The first-order chi connectivity index (χ1) is 14.8. The molecule has 31 heavy (non-hydrogen) atoms. The third kappa shape index (κ3) is 5.25. The Morgan fingerprint density at radius 2 is 2.03 bits per heavy atom. The number of anilines is 1. The number of methoxy groups -OCH3 is 1. The Morgan fingerprint density at radius 1 is 1.26 bits per heavy atom. The van der Waals surface area contributed by atoms with Crippen LogP contribution in [0.1, 0.15) is 11.1 Å². The molecule has 0 saturated carbocycles. The topological polar surface area (TPSA) is 88.8 Å². The molecule has 0 saturated heterocycles. The number of amides is 1. The van der Waals surface area contributed by atoms with Crippen LogP contribution in [0.5, 0.6) is 5.75 Å². The van der Waals surface area contributed by atoms with Gasteiger partial charge in [0.05, 0.1) is 16.7 Å². The number of hydrogen-bond donors (Lipinski definition) is 0. The summed E-state index contributed by atoms with van der Waals surface area (Å²) in [6.07, 6.45) is 3.00. The number of hydrogen-bond acceptors (Lipinski definition) is 7. The van der Waals surface area contributed by atoms with Crippen LogP contribution in [0.3, 0.4) is 0 Å². The molecule has 162 valence electrons. The number of benzene rings is 2. The molecule has 0 fully saturated rings. The fourth-order valence-electron chi connectivity index (χ4n) is 2.98. The van der Waals surface area contributed by atoms with Crippen molar-refractivity contribution in [3.05, 3.63) is 63.7 Å². The van der Waals surface area contributed by atoms with Crippen LogP contribution >= 0.6 is 11.3 Å². The molecule has 1 aromatic heterocycles. The average molecular weight is 441 g/mol. The van der Waals surface area contributed by atoms with Crippen LogP contribution in [-0.2, 0) is 4.79 Å². The Bertz CT molecular complexity index is 1140. The van der Waals surface area contributed by atoms with Crippen LogP contribution in [0, 0.1) is 17.0 Å². The zero-order chi connectivity index (χ0) is 22.5. The van der Waals surface area contributed by atoms with E-state index in [0.717, 1.165) is 15.8 Å². The summed E-state index contributed by atoms with van der Waals surface area (Å²) in [7, 11) is 5.47. The summed E-state index contributed by atoms with van der Waals surface area (Å²) in [5, 5.41) is 11.6. The van der Waals surface area contributed by atoms with Gasteiger partial charge in [0.1, 0.15) is 11.3 Å². The standard InChI is InChI=1S/C22H24N4O4S/c1-15-8-10-18(30-4)20-21(15)31-22(23-20)25(13-12-24(2)3)19(27)11-9-16-6-5-7-17(14-16)26(28)29/h5-11,14H,12-13H2,1-4H3/b11-9+. The molecule has 0 radical (unpaired) electrons. The summed E-state index contributed by atoms with van der Waals surface area (Å²) in [6, 6.07) is 9.99. The molecule has 3 rings (SSSR count). The molecule has 0 aliphatic heterocycles.